The predicted molar refractivity (Wildman–Crippen MR) is 74.3 cm³/mol. The number of hydrogen-bond donors (Lipinski definition) is 1. The molecule has 0 atom stereocenters. The molecule has 1 aliphatic rings. The predicted octanol–water partition coefficient (Wildman–Crippen LogP) is 2.66. The molecular formula is C16H13NO2. The van der Waals surface area contributed by atoms with E-state index in [2.05, 4.69) is 5.32 Å². The van der Waals surface area contributed by atoms with E-state index in [1.54, 1.807) is 0 Å². The van der Waals surface area contributed by atoms with Gasteiger partial charge in [-0.3, -0.25) is 14.9 Å². The van der Waals surface area contributed by atoms with Crippen molar-refractivity contribution in [1.82, 2.24) is 5.32 Å². The monoisotopic (exact) mass is 251 g/mol. The number of fused-ring (bicyclic) bond motifs is 1. The van der Waals surface area contributed by atoms with Crippen molar-refractivity contribution >= 4 is 28.2 Å². The lowest BCUT2D eigenvalue weighted by atomic mass is 9.95. The van der Waals surface area contributed by atoms with Gasteiger partial charge in [0, 0.05) is 5.57 Å². The normalized spacial score (nSPS) is 17.7. The Morgan fingerprint density at radius 1 is 1.05 bits per heavy atom. The summed E-state index contributed by atoms with van der Waals surface area (Å²) in [6.45, 7) is 1.90. The number of amides is 2. The largest absolute Gasteiger partial charge is 0.292 e. The van der Waals surface area contributed by atoms with Crippen LogP contribution in [0, 0.1) is 0 Å². The zero-order valence-electron chi connectivity index (χ0n) is 10.6. The van der Waals surface area contributed by atoms with Crippen molar-refractivity contribution in [2.75, 3.05) is 0 Å². The van der Waals surface area contributed by atoms with Crippen LogP contribution in [0.15, 0.2) is 48.0 Å². The fourth-order valence-electron chi connectivity index (χ4n) is 2.50. The number of hydrogen-bond acceptors (Lipinski definition) is 2. The molecule has 0 radical (unpaired) electrons. The molecule has 1 saturated heterocycles. The number of carbonyl (C=O) groups excluding carboxylic acids is 2. The van der Waals surface area contributed by atoms with Gasteiger partial charge in [0.25, 0.3) is 5.91 Å². The van der Waals surface area contributed by atoms with E-state index in [-0.39, 0.29) is 18.2 Å². The van der Waals surface area contributed by atoms with Crippen molar-refractivity contribution in [3.63, 3.8) is 0 Å². The summed E-state index contributed by atoms with van der Waals surface area (Å²) >= 11 is 0. The lowest BCUT2D eigenvalue weighted by molar-refractivity contribution is -0.124. The standard InChI is InChI=1S/C16H13NO2/c1-10(14-9-15(18)17-16(14)19)12-8-4-6-11-5-2-3-7-13(11)12/h2-8H,9H2,1H3,(H,17,18,19). The smallest absolute Gasteiger partial charge is 0.254 e. The maximum atomic E-state index is 11.7. The molecule has 0 aromatic heterocycles. The third kappa shape index (κ3) is 1.93. The van der Waals surface area contributed by atoms with Crippen molar-refractivity contribution in [2.24, 2.45) is 0 Å². The van der Waals surface area contributed by atoms with Gasteiger partial charge in [-0.05, 0) is 28.8 Å². The van der Waals surface area contributed by atoms with Crippen LogP contribution in [0.4, 0.5) is 0 Å². The lowest BCUT2D eigenvalue weighted by Gasteiger charge is -2.08. The van der Waals surface area contributed by atoms with Gasteiger partial charge in [-0.1, -0.05) is 42.5 Å². The van der Waals surface area contributed by atoms with Gasteiger partial charge >= 0.3 is 0 Å². The van der Waals surface area contributed by atoms with Crippen LogP contribution in [0.5, 0.6) is 0 Å². The Bertz CT molecular complexity index is 723. The molecule has 1 heterocycles. The highest BCUT2D eigenvalue weighted by molar-refractivity contribution is 6.17. The second kappa shape index (κ2) is 4.35. The Kier molecular flexibility index (Phi) is 2.67. The van der Waals surface area contributed by atoms with E-state index in [1.807, 2.05) is 49.4 Å². The number of rotatable bonds is 1. The number of imide groups is 1. The molecule has 3 nitrogen and oxygen atoms in total. The van der Waals surface area contributed by atoms with Gasteiger partial charge in [0.15, 0.2) is 0 Å². The summed E-state index contributed by atoms with van der Waals surface area (Å²) in [7, 11) is 0. The van der Waals surface area contributed by atoms with Crippen molar-refractivity contribution in [3.05, 3.63) is 53.6 Å². The van der Waals surface area contributed by atoms with Gasteiger partial charge in [-0.25, -0.2) is 0 Å². The summed E-state index contributed by atoms with van der Waals surface area (Å²) in [5, 5.41) is 4.56. The zero-order valence-corrected chi connectivity index (χ0v) is 10.6. The highest BCUT2D eigenvalue weighted by Gasteiger charge is 2.26. The fourth-order valence-corrected chi connectivity index (χ4v) is 2.50. The van der Waals surface area contributed by atoms with E-state index < -0.39 is 0 Å². The highest BCUT2D eigenvalue weighted by atomic mass is 16.2. The van der Waals surface area contributed by atoms with Crippen molar-refractivity contribution in [2.45, 2.75) is 13.3 Å². The molecule has 94 valence electrons. The molecular weight excluding hydrogens is 238 g/mol. The Labute approximate surface area is 110 Å². The number of carbonyl (C=O) groups is 2. The minimum Gasteiger partial charge on any atom is -0.292 e. The molecule has 19 heavy (non-hydrogen) atoms. The molecule has 1 N–H and O–H groups in total. The van der Waals surface area contributed by atoms with E-state index in [4.69, 9.17) is 0 Å². The van der Waals surface area contributed by atoms with Crippen LogP contribution in [0.3, 0.4) is 0 Å². The molecule has 0 bridgehead atoms. The maximum Gasteiger partial charge on any atom is 0.254 e. The van der Waals surface area contributed by atoms with Crippen LogP contribution < -0.4 is 5.32 Å². The summed E-state index contributed by atoms with van der Waals surface area (Å²) in [5.74, 6) is -0.491. The fraction of sp³-hybridized carbons (Fsp3) is 0.125. The van der Waals surface area contributed by atoms with E-state index in [0.717, 1.165) is 21.9 Å². The minimum absolute atomic E-state index is 0.174. The van der Waals surface area contributed by atoms with Crippen LogP contribution in [-0.2, 0) is 9.59 Å². The summed E-state index contributed by atoms with van der Waals surface area (Å²) < 4.78 is 0. The van der Waals surface area contributed by atoms with E-state index in [9.17, 15) is 9.59 Å². The quantitative estimate of drug-likeness (QED) is 0.625. The van der Waals surface area contributed by atoms with Crippen LogP contribution in [0.1, 0.15) is 18.9 Å². The average Bonchev–Trinajstić information content (AvgIpc) is 2.76. The van der Waals surface area contributed by atoms with Gasteiger partial charge in [0.2, 0.25) is 5.91 Å². The summed E-state index contributed by atoms with van der Waals surface area (Å²) in [6, 6.07) is 14.0. The Hall–Kier alpha value is -2.42. The van der Waals surface area contributed by atoms with Gasteiger partial charge in [0.05, 0.1) is 6.42 Å². The van der Waals surface area contributed by atoms with Crippen LogP contribution in [0.25, 0.3) is 16.3 Å². The third-order valence-corrected chi connectivity index (χ3v) is 3.51. The van der Waals surface area contributed by atoms with Gasteiger partial charge < -0.3 is 0 Å². The third-order valence-electron chi connectivity index (χ3n) is 3.51. The molecule has 1 fully saturated rings. The molecule has 3 rings (SSSR count). The van der Waals surface area contributed by atoms with Gasteiger partial charge in [-0.2, -0.15) is 0 Å². The van der Waals surface area contributed by atoms with Crippen LogP contribution in [-0.4, -0.2) is 11.8 Å². The Morgan fingerprint density at radius 2 is 1.79 bits per heavy atom. The molecule has 0 spiro atoms. The molecule has 0 saturated carbocycles. The number of benzene rings is 2. The minimum atomic E-state index is -0.268. The highest BCUT2D eigenvalue weighted by Crippen LogP contribution is 2.29. The lowest BCUT2D eigenvalue weighted by Crippen LogP contribution is -2.19. The summed E-state index contributed by atoms with van der Waals surface area (Å²) in [5.41, 5.74) is 2.46. The second-order valence-electron chi connectivity index (χ2n) is 4.68. The zero-order chi connectivity index (χ0) is 13.4. The van der Waals surface area contributed by atoms with Crippen molar-refractivity contribution in [3.8, 4) is 0 Å². The first kappa shape index (κ1) is 11.7. The summed E-state index contributed by atoms with van der Waals surface area (Å²) in [6.07, 6.45) is 0.174. The van der Waals surface area contributed by atoms with Crippen molar-refractivity contribution in [1.29, 1.82) is 0 Å². The van der Waals surface area contributed by atoms with Gasteiger partial charge in [0.1, 0.15) is 0 Å². The van der Waals surface area contributed by atoms with Crippen LogP contribution in [0.2, 0.25) is 0 Å². The van der Waals surface area contributed by atoms with E-state index >= 15 is 0 Å². The van der Waals surface area contributed by atoms with Crippen LogP contribution >= 0.6 is 0 Å². The molecule has 2 amide bonds. The van der Waals surface area contributed by atoms with Gasteiger partial charge in [-0.15, -0.1) is 0 Å². The number of nitrogens with one attached hydrogen (secondary N) is 1. The average molecular weight is 251 g/mol. The van der Waals surface area contributed by atoms with E-state index in [1.165, 1.54) is 0 Å². The first-order valence-electron chi connectivity index (χ1n) is 6.19. The topological polar surface area (TPSA) is 46.2 Å². The molecule has 0 unspecified atom stereocenters. The van der Waals surface area contributed by atoms with E-state index in [0.29, 0.717) is 5.57 Å². The molecule has 2 aromatic rings. The second-order valence-corrected chi connectivity index (χ2v) is 4.68. The first-order valence-corrected chi connectivity index (χ1v) is 6.19. The first-order chi connectivity index (χ1) is 9.16. The molecule has 1 aliphatic heterocycles. The van der Waals surface area contributed by atoms with Crippen molar-refractivity contribution < 1.29 is 9.59 Å². The SMILES string of the molecule is CC(=C1CC(=O)NC1=O)c1cccc2ccccc12. The molecule has 0 aliphatic carbocycles. The summed E-state index contributed by atoms with van der Waals surface area (Å²) in [4.78, 5) is 23.0. The molecule has 3 heteroatoms. The number of allylic oxidation sites excluding steroid dienone is 1. The Balaban J connectivity index is 2.22. The Morgan fingerprint density at radius 3 is 2.53 bits per heavy atom. The maximum absolute atomic E-state index is 11.7. The molecule has 2 aromatic carbocycles.